The fraction of sp³-hybridized carbons (Fsp3) is 0.625. The van der Waals surface area contributed by atoms with E-state index in [-0.39, 0.29) is 10.9 Å². The molecule has 140 valence electrons. The number of aryl methyl sites for hydroxylation is 3. The van der Waals surface area contributed by atoms with Gasteiger partial charge in [0, 0.05) is 13.1 Å². The number of halogens is 1. The molecule has 7 nitrogen and oxygen atoms in total. The lowest BCUT2D eigenvalue weighted by atomic mass is 10.2. The molecular formula is C16H26ClN5O2S. The third kappa shape index (κ3) is 3.91. The van der Waals surface area contributed by atoms with Gasteiger partial charge < -0.3 is 0 Å². The fourth-order valence-electron chi connectivity index (χ4n) is 3.05. The smallest absolute Gasteiger partial charge is 0.244 e. The van der Waals surface area contributed by atoms with Crippen LogP contribution in [0.5, 0.6) is 0 Å². The van der Waals surface area contributed by atoms with Crippen LogP contribution in [0.4, 0.5) is 0 Å². The number of sulfonamides is 1. The van der Waals surface area contributed by atoms with Crippen molar-refractivity contribution in [2.75, 3.05) is 6.54 Å². The first-order valence-corrected chi connectivity index (χ1v) is 10.2. The minimum absolute atomic E-state index is 0.0365. The maximum Gasteiger partial charge on any atom is 0.244 e. The number of nitrogens with one attached hydrogen (secondary N) is 1. The second-order valence-electron chi connectivity index (χ2n) is 6.28. The van der Waals surface area contributed by atoms with Gasteiger partial charge in [0.2, 0.25) is 10.0 Å². The summed E-state index contributed by atoms with van der Waals surface area (Å²) in [6.07, 6.45) is 0.609. The highest BCUT2D eigenvalue weighted by Crippen LogP contribution is 2.24. The molecule has 0 saturated carbocycles. The standard InChI is InChI=1S/C16H26ClN5O2S/c1-7-21-14(6)16(12(4)19-21)25(23,24)18-9-8-10(2)22-13(5)15(17)11(3)20-22/h10,18H,7-9H2,1-6H3/t10-/m1/s1. The van der Waals surface area contributed by atoms with E-state index in [1.54, 1.807) is 18.5 Å². The van der Waals surface area contributed by atoms with Crippen LogP contribution in [0.25, 0.3) is 0 Å². The zero-order valence-electron chi connectivity index (χ0n) is 15.6. The van der Waals surface area contributed by atoms with Gasteiger partial charge in [-0.25, -0.2) is 13.1 Å². The quantitative estimate of drug-likeness (QED) is 0.791. The Labute approximate surface area is 154 Å². The van der Waals surface area contributed by atoms with E-state index in [2.05, 4.69) is 14.9 Å². The second-order valence-corrected chi connectivity index (χ2v) is 8.36. The minimum atomic E-state index is -3.59. The fourth-order valence-corrected chi connectivity index (χ4v) is 4.63. The van der Waals surface area contributed by atoms with Gasteiger partial charge in [0.25, 0.3) is 0 Å². The Morgan fingerprint density at radius 2 is 1.76 bits per heavy atom. The lowest BCUT2D eigenvalue weighted by Gasteiger charge is -2.15. The molecule has 0 bridgehead atoms. The van der Waals surface area contributed by atoms with Crippen molar-refractivity contribution < 1.29 is 8.42 Å². The molecule has 0 aliphatic heterocycles. The Balaban J connectivity index is 2.08. The van der Waals surface area contributed by atoms with E-state index < -0.39 is 10.0 Å². The van der Waals surface area contributed by atoms with Gasteiger partial charge in [-0.1, -0.05) is 11.6 Å². The summed E-state index contributed by atoms with van der Waals surface area (Å²) in [5.74, 6) is 0. The monoisotopic (exact) mass is 387 g/mol. The molecule has 0 fully saturated rings. The van der Waals surface area contributed by atoms with Gasteiger partial charge in [0.05, 0.1) is 33.8 Å². The van der Waals surface area contributed by atoms with E-state index >= 15 is 0 Å². The van der Waals surface area contributed by atoms with E-state index in [9.17, 15) is 8.42 Å². The van der Waals surface area contributed by atoms with Crippen LogP contribution >= 0.6 is 11.6 Å². The van der Waals surface area contributed by atoms with Crippen LogP contribution in [0.15, 0.2) is 4.90 Å². The molecule has 0 aromatic carbocycles. The third-order valence-corrected chi connectivity index (χ3v) is 6.65. The molecule has 2 rings (SSSR count). The summed E-state index contributed by atoms with van der Waals surface area (Å²) < 4.78 is 31.5. The lowest BCUT2D eigenvalue weighted by Crippen LogP contribution is -2.27. The van der Waals surface area contributed by atoms with Gasteiger partial charge >= 0.3 is 0 Å². The number of hydrogen-bond donors (Lipinski definition) is 1. The van der Waals surface area contributed by atoms with Crippen molar-refractivity contribution >= 4 is 21.6 Å². The summed E-state index contributed by atoms with van der Waals surface area (Å²) in [7, 11) is -3.59. The molecule has 0 saturated heterocycles. The highest BCUT2D eigenvalue weighted by Gasteiger charge is 2.24. The number of hydrogen-bond acceptors (Lipinski definition) is 4. The number of nitrogens with zero attached hydrogens (tertiary/aromatic N) is 4. The largest absolute Gasteiger partial charge is 0.268 e. The summed E-state index contributed by atoms with van der Waals surface area (Å²) in [6.45, 7) is 12.1. The molecule has 25 heavy (non-hydrogen) atoms. The molecule has 2 heterocycles. The first-order valence-electron chi connectivity index (χ1n) is 8.35. The van der Waals surface area contributed by atoms with Crippen LogP contribution in [-0.2, 0) is 16.6 Å². The molecule has 1 N–H and O–H groups in total. The average molecular weight is 388 g/mol. The van der Waals surface area contributed by atoms with Gasteiger partial charge in [0.15, 0.2) is 0 Å². The topological polar surface area (TPSA) is 81.8 Å². The molecule has 0 aliphatic rings. The van der Waals surface area contributed by atoms with Crippen molar-refractivity contribution in [2.45, 2.75) is 65.4 Å². The van der Waals surface area contributed by atoms with E-state index in [1.165, 1.54) is 0 Å². The van der Waals surface area contributed by atoms with Crippen molar-refractivity contribution in [3.05, 3.63) is 27.8 Å². The highest BCUT2D eigenvalue weighted by atomic mass is 35.5. The molecule has 0 unspecified atom stereocenters. The van der Waals surface area contributed by atoms with Gasteiger partial charge in [-0.15, -0.1) is 0 Å². The summed E-state index contributed by atoms with van der Waals surface area (Å²) in [6, 6.07) is 0.0365. The van der Waals surface area contributed by atoms with Gasteiger partial charge in [-0.05, 0) is 48.0 Å². The van der Waals surface area contributed by atoms with E-state index in [1.807, 2.05) is 32.4 Å². The predicted octanol–water partition coefficient (Wildman–Crippen LogP) is 2.92. The zero-order chi connectivity index (χ0) is 18.9. The molecule has 0 amide bonds. The first kappa shape index (κ1) is 19.9. The second kappa shape index (κ2) is 7.47. The van der Waals surface area contributed by atoms with Crippen LogP contribution in [0.3, 0.4) is 0 Å². The molecule has 2 aromatic heterocycles. The van der Waals surface area contributed by atoms with Crippen LogP contribution in [0.2, 0.25) is 5.02 Å². The molecule has 1 atom stereocenters. The molecule has 0 radical (unpaired) electrons. The Hall–Kier alpha value is -1.38. The van der Waals surface area contributed by atoms with Crippen molar-refractivity contribution in [3.63, 3.8) is 0 Å². The van der Waals surface area contributed by atoms with E-state index in [0.717, 1.165) is 11.4 Å². The Bertz CT molecular complexity index is 870. The molecule has 0 spiro atoms. The SMILES string of the molecule is CCn1nc(C)c(S(=O)(=O)NCC[C@@H](C)n2nc(C)c(Cl)c2C)c1C. The van der Waals surface area contributed by atoms with Crippen molar-refractivity contribution in [1.82, 2.24) is 24.3 Å². The highest BCUT2D eigenvalue weighted by molar-refractivity contribution is 7.89. The Kier molecular flexibility index (Phi) is 5.96. The number of aromatic nitrogens is 4. The third-order valence-electron chi connectivity index (χ3n) is 4.39. The molecule has 2 aromatic rings. The summed E-state index contributed by atoms with van der Waals surface area (Å²) in [4.78, 5) is 0.274. The van der Waals surface area contributed by atoms with Crippen LogP contribution in [-0.4, -0.2) is 34.5 Å². The predicted molar refractivity (Wildman–Crippen MR) is 98.6 cm³/mol. The lowest BCUT2D eigenvalue weighted by molar-refractivity contribution is 0.446. The summed E-state index contributed by atoms with van der Waals surface area (Å²) in [5, 5.41) is 9.36. The normalized spacial score (nSPS) is 13.4. The number of rotatable bonds is 7. The maximum absolute atomic E-state index is 12.6. The van der Waals surface area contributed by atoms with Gasteiger partial charge in [-0.2, -0.15) is 10.2 Å². The maximum atomic E-state index is 12.6. The van der Waals surface area contributed by atoms with Gasteiger partial charge in [0.1, 0.15) is 4.90 Å². The Morgan fingerprint density at radius 1 is 1.12 bits per heavy atom. The first-order chi connectivity index (χ1) is 11.6. The zero-order valence-corrected chi connectivity index (χ0v) is 17.2. The van der Waals surface area contributed by atoms with E-state index in [4.69, 9.17) is 11.6 Å². The van der Waals surface area contributed by atoms with Crippen molar-refractivity contribution in [2.24, 2.45) is 0 Å². The van der Waals surface area contributed by atoms with E-state index in [0.29, 0.717) is 35.9 Å². The van der Waals surface area contributed by atoms with Gasteiger partial charge in [-0.3, -0.25) is 9.36 Å². The van der Waals surface area contributed by atoms with Crippen molar-refractivity contribution in [1.29, 1.82) is 0 Å². The van der Waals surface area contributed by atoms with Crippen LogP contribution < -0.4 is 4.72 Å². The molecule has 9 heteroatoms. The van der Waals surface area contributed by atoms with Crippen LogP contribution in [0.1, 0.15) is 49.1 Å². The Morgan fingerprint density at radius 3 is 2.24 bits per heavy atom. The summed E-state index contributed by atoms with van der Waals surface area (Å²) >= 11 is 6.18. The summed E-state index contributed by atoms with van der Waals surface area (Å²) in [5.41, 5.74) is 2.85. The molecular weight excluding hydrogens is 362 g/mol. The van der Waals surface area contributed by atoms with Crippen molar-refractivity contribution in [3.8, 4) is 0 Å². The minimum Gasteiger partial charge on any atom is -0.268 e. The molecule has 0 aliphatic carbocycles. The average Bonchev–Trinajstić information content (AvgIpc) is 2.97. The van der Waals surface area contributed by atoms with Crippen LogP contribution in [0, 0.1) is 27.7 Å².